The van der Waals surface area contributed by atoms with Crippen LogP contribution in [0.25, 0.3) is 0 Å². The summed E-state index contributed by atoms with van der Waals surface area (Å²) >= 11 is 0. The summed E-state index contributed by atoms with van der Waals surface area (Å²) < 4.78 is 0. The number of nitrogens with one attached hydrogen (secondary N) is 2. The fourth-order valence-electron chi connectivity index (χ4n) is 2.23. The van der Waals surface area contributed by atoms with E-state index < -0.39 is 23.9 Å². The molecule has 0 radical (unpaired) electrons. The molecule has 0 saturated carbocycles. The van der Waals surface area contributed by atoms with Gasteiger partial charge in [0.25, 0.3) is 5.91 Å². The molecule has 1 saturated heterocycles. The molecule has 1 unspecified atom stereocenters. The SMILES string of the molecule is CCCC1NC(=O)N(CC(=O)Nc2ccccc2C#N)C1=O. The van der Waals surface area contributed by atoms with E-state index in [-0.39, 0.29) is 6.54 Å². The maximum Gasteiger partial charge on any atom is 0.325 e. The summed E-state index contributed by atoms with van der Waals surface area (Å²) in [6.07, 6.45) is 1.30. The number of urea groups is 1. The second kappa shape index (κ2) is 6.72. The van der Waals surface area contributed by atoms with E-state index in [0.717, 1.165) is 11.3 Å². The Labute approximate surface area is 127 Å². The van der Waals surface area contributed by atoms with Crippen molar-refractivity contribution in [1.82, 2.24) is 10.2 Å². The van der Waals surface area contributed by atoms with Crippen molar-refractivity contribution in [1.29, 1.82) is 5.26 Å². The number of amides is 4. The molecule has 1 fully saturated rings. The highest BCUT2D eigenvalue weighted by Crippen LogP contribution is 2.15. The first-order chi connectivity index (χ1) is 10.6. The molecule has 22 heavy (non-hydrogen) atoms. The Bertz CT molecular complexity index is 650. The van der Waals surface area contributed by atoms with E-state index in [9.17, 15) is 14.4 Å². The standard InChI is InChI=1S/C15H16N4O3/c1-2-5-12-14(21)19(15(22)18-12)9-13(20)17-11-7-4-3-6-10(11)8-16/h3-4,6-7,12H,2,5,9H2,1H3,(H,17,20)(H,18,22). The summed E-state index contributed by atoms with van der Waals surface area (Å²) in [5.74, 6) is -0.918. The van der Waals surface area contributed by atoms with Crippen LogP contribution >= 0.6 is 0 Å². The third kappa shape index (κ3) is 3.23. The summed E-state index contributed by atoms with van der Waals surface area (Å²) in [4.78, 5) is 36.7. The summed E-state index contributed by atoms with van der Waals surface area (Å²) in [5.41, 5.74) is 0.670. The van der Waals surface area contributed by atoms with Crippen LogP contribution in [-0.2, 0) is 9.59 Å². The number of hydrogen-bond donors (Lipinski definition) is 2. The zero-order valence-electron chi connectivity index (χ0n) is 12.1. The maximum absolute atomic E-state index is 12.0. The molecular weight excluding hydrogens is 284 g/mol. The van der Waals surface area contributed by atoms with Crippen LogP contribution in [0, 0.1) is 11.3 Å². The number of benzene rings is 1. The average molecular weight is 300 g/mol. The van der Waals surface area contributed by atoms with Crippen molar-refractivity contribution < 1.29 is 14.4 Å². The number of para-hydroxylation sites is 1. The molecule has 7 nitrogen and oxygen atoms in total. The Morgan fingerprint density at radius 1 is 1.41 bits per heavy atom. The number of imide groups is 1. The quantitative estimate of drug-likeness (QED) is 0.798. The van der Waals surface area contributed by atoms with Gasteiger partial charge in [-0.25, -0.2) is 4.79 Å². The van der Waals surface area contributed by atoms with Gasteiger partial charge in [0.2, 0.25) is 5.91 Å². The van der Waals surface area contributed by atoms with E-state index in [2.05, 4.69) is 10.6 Å². The zero-order valence-corrected chi connectivity index (χ0v) is 12.1. The number of carbonyl (C=O) groups is 3. The van der Waals surface area contributed by atoms with Crippen LogP contribution in [0.1, 0.15) is 25.3 Å². The van der Waals surface area contributed by atoms with E-state index in [1.54, 1.807) is 24.3 Å². The number of nitrogens with zero attached hydrogens (tertiary/aromatic N) is 2. The van der Waals surface area contributed by atoms with E-state index >= 15 is 0 Å². The minimum absolute atomic E-state index is 0.317. The van der Waals surface area contributed by atoms with Crippen LogP contribution < -0.4 is 10.6 Å². The zero-order chi connectivity index (χ0) is 16.1. The Balaban J connectivity index is 2.02. The smallest absolute Gasteiger partial charge is 0.325 e. The molecule has 2 rings (SSSR count). The van der Waals surface area contributed by atoms with Gasteiger partial charge in [0.15, 0.2) is 0 Å². The van der Waals surface area contributed by atoms with E-state index in [1.165, 1.54) is 0 Å². The van der Waals surface area contributed by atoms with Gasteiger partial charge in [0.1, 0.15) is 18.7 Å². The molecule has 114 valence electrons. The highest BCUT2D eigenvalue weighted by Gasteiger charge is 2.38. The minimum Gasteiger partial charge on any atom is -0.326 e. The first-order valence-electron chi connectivity index (χ1n) is 6.97. The predicted molar refractivity (Wildman–Crippen MR) is 78.7 cm³/mol. The maximum atomic E-state index is 12.0. The number of carbonyl (C=O) groups excluding carboxylic acids is 3. The van der Waals surface area contributed by atoms with Crippen LogP contribution in [0.4, 0.5) is 10.5 Å². The third-order valence-electron chi connectivity index (χ3n) is 3.31. The molecule has 1 aliphatic heterocycles. The molecule has 1 atom stereocenters. The first kappa shape index (κ1) is 15.5. The van der Waals surface area contributed by atoms with Gasteiger partial charge in [-0.05, 0) is 18.6 Å². The van der Waals surface area contributed by atoms with Crippen LogP contribution in [-0.4, -0.2) is 35.3 Å². The molecule has 1 aromatic carbocycles. The van der Waals surface area contributed by atoms with Gasteiger partial charge in [0.05, 0.1) is 11.3 Å². The molecule has 7 heteroatoms. The highest BCUT2D eigenvalue weighted by molar-refractivity contribution is 6.08. The van der Waals surface area contributed by atoms with Crippen LogP contribution in [0.15, 0.2) is 24.3 Å². The lowest BCUT2D eigenvalue weighted by molar-refractivity contribution is -0.130. The number of anilines is 1. The second-order valence-corrected chi connectivity index (χ2v) is 4.92. The van der Waals surface area contributed by atoms with Gasteiger partial charge in [-0.15, -0.1) is 0 Å². The van der Waals surface area contributed by atoms with E-state index in [4.69, 9.17) is 5.26 Å². The number of rotatable bonds is 5. The number of nitriles is 1. The second-order valence-electron chi connectivity index (χ2n) is 4.92. The van der Waals surface area contributed by atoms with Crippen molar-refractivity contribution in [3.63, 3.8) is 0 Å². The molecule has 2 N–H and O–H groups in total. The van der Waals surface area contributed by atoms with Crippen molar-refractivity contribution in [3.8, 4) is 6.07 Å². The Morgan fingerprint density at radius 2 is 2.14 bits per heavy atom. The molecule has 0 aliphatic carbocycles. The summed E-state index contributed by atoms with van der Waals surface area (Å²) in [7, 11) is 0. The fraction of sp³-hybridized carbons (Fsp3) is 0.333. The molecular formula is C15H16N4O3. The third-order valence-corrected chi connectivity index (χ3v) is 3.31. The predicted octanol–water partition coefficient (Wildman–Crippen LogP) is 1.22. The summed E-state index contributed by atoms with van der Waals surface area (Å²) in [6.45, 7) is 1.54. The first-order valence-corrected chi connectivity index (χ1v) is 6.97. The van der Waals surface area contributed by atoms with Crippen molar-refractivity contribution in [2.45, 2.75) is 25.8 Å². The minimum atomic E-state index is -0.563. The van der Waals surface area contributed by atoms with Crippen molar-refractivity contribution in [3.05, 3.63) is 29.8 Å². The molecule has 0 aromatic heterocycles. The lowest BCUT2D eigenvalue weighted by atomic mass is 10.1. The van der Waals surface area contributed by atoms with Gasteiger partial charge in [-0.2, -0.15) is 5.26 Å². The lowest BCUT2D eigenvalue weighted by Crippen LogP contribution is -2.38. The monoisotopic (exact) mass is 300 g/mol. The van der Waals surface area contributed by atoms with Gasteiger partial charge >= 0.3 is 6.03 Å². The summed E-state index contributed by atoms with van der Waals surface area (Å²) in [6, 6.07) is 7.36. The molecule has 1 aliphatic rings. The van der Waals surface area contributed by atoms with E-state index in [0.29, 0.717) is 17.7 Å². The lowest BCUT2D eigenvalue weighted by Gasteiger charge is -2.13. The fourth-order valence-corrected chi connectivity index (χ4v) is 2.23. The molecule has 1 heterocycles. The Morgan fingerprint density at radius 3 is 2.82 bits per heavy atom. The Kier molecular flexibility index (Phi) is 4.73. The molecule has 0 spiro atoms. The largest absolute Gasteiger partial charge is 0.326 e. The molecule has 4 amide bonds. The van der Waals surface area contributed by atoms with E-state index in [1.807, 2.05) is 13.0 Å². The normalized spacial score (nSPS) is 17.1. The van der Waals surface area contributed by atoms with Gasteiger partial charge < -0.3 is 10.6 Å². The van der Waals surface area contributed by atoms with Gasteiger partial charge in [-0.1, -0.05) is 25.5 Å². The average Bonchev–Trinajstić information content (AvgIpc) is 2.76. The molecule has 1 aromatic rings. The topological polar surface area (TPSA) is 102 Å². The van der Waals surface area contributed by atoms with Crippen molar-refractivity contribution in [2.24, 2.45) is 0 Å². The number of hydrogen-bond acceptors (Lipinski definition) is 4. The van der Waals surface area contributed by atoms with Crippen LogP contribution in [0.5, 0.6) is 0 Å². The summed E-state index contributed by atoms with van der Waals surface area (Å²) in [5, 5.41) is 14.1. The van der Waals surface area contributed by atoms with Gasteiger partial charge in [0, 0.05) is 0 Å². The van der Waals surface area contributed by atoms with Crippen molar-refractivity contribution >= 4 is 23.5 Å². The highest BCUT2D eigenvalue weighted by atomic mass is 16.2. The van der Waals surface area contributed by atoms with Crippen molar-refractivity contribution in [2.75, 3.05) is 11.9 Å². The van der Waals surface area contributed by atoms with Gasteiger partial charge in [-0.3, -0.25) is 14.5 Å². The van der Waals surface area contributed by atoms with Crippen LogP contribution in [0.2, 0.25) is 0 Å². The molecule has 0 bridgehead atoms. The Hall–Kier alpha value is -2.88. The van der Waals surface area contributed by atoms with Crippen LogP contribution in [0.3, 0.4) is 0 Å².